The molecule has 0 aromatic carbocycles. The fourth-order valence-corrected chi connectivity index (χ4v) is 2.62. The molecule has 2 aliphatic rings. The number of nitrogens with one attached hydrogen (secondary N) is 1. The van der Waals surface area contributed by atoms with Gasteiger partial charge in [0.2, 0.25) is 11.8 Å². The van der Waals surface area contributed by atoms with Gasteiger partial charge in [-0.3, -0.25) is 9.59 Å². The highest BCUT2D eigenvalue weighted by atomic mass is 16.5. The molecule has 6 heteroatoms. The summed E-state index contributed by atoms with van der Waals surface area (Å²) < 4.78 is 5.62. The van der Waals surface area contributed by atoms with E-state index in [2.05, 4.69) is 5.32 Å². The molecule has 2 saturated heterocycles. The predicted molar refractivity (Wildman–Crippen MR) is 75.3 cm³/mol. The number of rotatable bonds is 5. The minimum absolute atomic E-state index is 0.0419. The van der Waals surface area contributed by atoms with Crippen LogP contribution in [-0.2, 0) is 14.3 Å². The lowest BCUT2D eigenvalue weighted by Gasteiger charge is -2.25. The van der Waals surface area contributed by atoms with E-state index in [1.54, 1.807) is 7.05 Å². The van der Waals surface area contributed by atoms with Gasteiger partial charge < -0.3 is 19.9 Å². The third-order valence-electron chi connectivity index (χ3n) is 3.99. The summed E-state index contributed by atoms with van der Waals surface area (Å²) in [5.41, 5.74) is 0. The number of hydrogen-bond donors (Lipinski definition) is 1. The summed E-state index contributed by atoms with van der Waals surface area (Å²) in [6.07, 6.45) is 4.21. The van der Waals surface area contributed by atoms with Crippen molar-refractivity contribution < 1.29 is 14.3 Å². The Labute approximate surface area is 120 Å². The van der Waals surface area contributed by atoms with Crippen LogP contribution in [0.15, 0.2) is 0 Å². The molecule has 0 bridgehead atoms. The number of amides is 2. The van der Waals surface area contributed by atoms with Crippen molar-refractivity contribution in [1.29, 1.82) is 0 Å². The lowest BCUT2D eigenvalue weighted by Crippen LogP contribution is -2.42. The van der Waals surface area contributed by atoms with Crippen LogP contribution in [-0.4, -0.2) is 74.1 Å². The van der Waals surface area contributed by atoms with Crippen molar-refractivity contribution in [3.63, 3.8) is 0 Å². The van der Waals surface area contributed by atoms with Crippen molar-refractivity contribution in [1.82, 2.24) is 15.1 Å². The Hall–Kier alpha value is -1.14. The van der Waals surface area contributed by atoms with E-state index in [0.717, 1.165) is 51.9 Å². The fourth-order valence-electron chi connectivity index (χ4n) is 2.62. The van der Waals surface area contributed by atoms with Crippen LogP contribution in [0.5, 0.6) is 0 Å². The zero-order chi connectivity index (χ0) is 14.4. The lowest BCUT2D eigenvalue weighted by atomic mass is 10.1. The Morgan fingerprint density at radius 3 is 2.55 bits per heavy atom. The smallest absolute Gasteiger partial charge is 0.248 e. The Morgan fingerprint density at radius 1 is 1.25 bits per heavy atom. The minimum atomic E-state index is -0.115. The van der Waals surface area contributed by atoms with Crippen molar-refractivity contribution in [2.75, 3.05) is 46.4 Å². The largest absolute Gasteiger partial charge is 0.368 e. The van der Waals surface area contributed by atoms with Crippen LogP contribution in [0.1, 0.15) is 25.7 Å². The van der Waals surface area contributed by atoms with Gasteiger partial charge in [-0.05, 0) is 38.8 Å². The van der Waals surface area contributed by atoms with Gasteiger partial charge in [-0.1, -0.05) is 0 Å². The van der Waals surface area contributed by atoms with E-state index in [9.17, 15) is 9.59 Å². The van der Waals surface area contributed by atoms with Gasteiger partial charge in [0.05, 0.1) is 12.6 Å². The molecule has 114 valence electrons. The quantitative estimate of drug-likeness (QED) is 0.761. The highest BCUT2D eigenvalue weighted by Crippen LogP contribution is 2.09. The van der Waals surface area contributed by atoms with Crippen molar-refractivity contribution in [2.45, 2.75) is 31.8 Å². The number of hydrogen-bond acceptors (Lipinski definition) is 4. The van der Waals surface area contributed by atoms with E-state index in [-0.39, 0.29) is 31.1 Å². The summed E-state index contributed by atoms with van der Waals surface area (Å²) in [4.78, 5) is 27.2. The molecule has 2 fully saturated rings. The molecule has 6 nitrogen and oxygen atoms in total. The number of likely N-dealkylation sites (N-methyl/N-ethyl adjacent to an activating group) is 1. The third-order valence-corrected chi connectivity index (χ3v) is 3.99. The van der Waals surface area contributed by atoms with Crippen LogP contribution in [0, 0.1) is 0 Å². The van der Waals surface area contributed by atoms with Gasteiger partial charge in [0.1, 0.15) is 6.61 Å². The molecule has 0 spiro atoms. The average Bonchev–Trinajstić information content (AvgIpc) is 3.00. The number of piperidine rings is 1. The van der Waals surface area contributed by atoms with Gasteiger partial charge >= 0.3 is 0 Å². The number of carbonyl (C=O) groups is 2. The first-order valence-electron chi connectivity index (χ1n) is 7.51. The number of nitrogens with zero attached hydrogens (tertiary/aromatic N) is 2. The second-order valence-corrected chi connectivity index (χ2v) is 5.60. The second-order valence-electron chi connectivity index (χ2n) is 5.60. The molecule has 0 saturated carbocycles. The highest BCUT2D eigenvalue weighted by Gasteiger charge is 2.22. The molecule has 2 heterocycles. The molecule has 0 radical (unpaired) electrons. The maximum absolute atomic E-state index is 12.0. The maximum Gasteiger partial charge on any atom is 0.248 e. The molecule has 0 aromatic rings. The van der Waals surface area contributed by atoms with Crippen molar-refractivity contribution in [3.05, 3.63) is 0 Å². The molecular formula is C14H25N3O3. The Balaban J connectivity index is 1.66. The average molecular weight is 283 g/mol. The molecule has 2 aliphatic heterocycles. The van der Waals surface area contributed by atoms with E-state index < -0.39 is 0 Å². The monoisotopic (exact) mass is 283 g/mol. The van der Waals surface area contributed by atoms with Gasteiger partial charge in [0, 0.05) is 20.1 Å². The molecule has 0 aliphatic carbocycles. The van der Waals surface area contributed by atoms with Gasteiger partial charge in [-0.25, -0.2) is 0 Å². The Bertz CT molecular complexity index is 337. The van der Waals surface area contributed by atoms with E-state index in [1.165, 1.54) is 4.90 Å². The van der Waals surface area contributed by atoms with Crippen LogP contribution >= 0.6 is 0 Å². The molecule has 1 N–H and O–H groups in total. The van der Waals surface area contributed by atoms with Gasteiger partial charge in [0.15, 0.2) is 0 Å². The van der Waals surface area contributed by atoms with E-state index in [4.69, 9.17) is 4.74 Å². The normalized spacial score (nSPS) is 20.1. The first-order chi connectivity index (χ1) is 9.66. The molecule has 0 atom stereocenters. The zero-order valence-electron chi connectivity index (χ0n) is 12.3. The number of likely N-dealkylation sites (tertiary alicyclic amines) is 1. The van der Waals surface area contributed by atoms with E-state index >= 15 is 0 Å². The van der Waals surface area contributed by atoms with E-state index in [0.29, 0.717) is 0 Å². The summed E-state index contributed by atoms with van der Waals surface area (Å²) in [5, 5.41) is 3.26. The summed E-state index contributed by atoms with van der Waals surface area (Å²) in [6.45, 7) is 3.78. The minimum Gasteiger partial charge on any atom is -0.368 e. The van der Waals surface area contributed by atoms with Crippen LogP contribution in [0.4, 0.5) is 0 Å². The molecule has 0 unspecified atom stereocenters. The molecule has 0 aromatic heterocycles. The number of carbonyl (C=O) groups excluding carboxylic acids is 2. The van der Waals surface area contributed by atoms with Crippen molar-refractivity contribution >= 4 is 11.8 Å². The van der Waals surface area contributed by atoms with Crippen LogP contribution in [0.25, 0.3) is 0 Å². The van der Waals surface area contributed by atoms with Crippen LogP contribution in [0.3, 0.4) is 0 Å². The molecular weight excluding hydrogens is 258 g/mol. The second kappa shape index (κ2) is 7.59. The first kappa shape index (κ1) is 15.3. The lowest BCUT2D eigenvalue weighted by molar-refractivity contribution is -0.143. The predicted octanol–water partition coefficient (Wildman–Crippen LogP) is -0.164. The zero-order valence-corrected chi connectivity index (χ0v) is 12.3. The van der Waals surface area contributed by atoms with Crippen molar-refractivity contribution in [3.8, 4) is 0 Å². The van der Waals surface area contributed by atoms with Crippen molar-refractivity contribution in [2.24, 2.45) is 0 Å². The first-order valence-corrected chi connectivity index (χ1v) is 7.51. The molecule has 20 heavy (non-hydrogen) atoms. The molecule has 2 amide bonds. The summed E-state index contributed by atoms with van der Waals surface area (Å²) >= 11 is 0. The van der Waals surface area contributed by atoms with Gasteiger partial charge in [-0.2, -0.15) is 0 Å². The number of ether oxygens (including phenoxy) is 1. The SMILES string of the molecule is CN(CC(=O)N1CCCC1)C(=O)COC1CCNCC1. The van der Waals surface area contributed by atoms with Crippen LogP contribution < -0.4 is 5.32 Å². The topological polar surface area (TPSA) is 61.9 Å². The Kier molecular flexibility index (Phi) is 5.79. The third kappa shape index (κ3) is 4.45. The standard InChI is InChI=1S/C14H25N3O3/c1-16(10-13(18)17-8-2-3-9-17)14(19)11-20-12-4-6-15-7-5-12/h12,15H,2-11H2,1H3. The fraction of sp³-hybridized carbons (Fsp3) is 0.857. The van der Waals surface area contributed by atoms with Crippen LogP contribution in [0.2, 0.25) is 0 Å². The van der Waals surface area contributed by atoms with Gasteiger partial charge in [0.25, 0.3) is 0 Å². The summed E-state index contributed by atoms with van der Waals surface area (Å²) in [7, 11) is 1.67. The Morgan fingerprint density at radius 2 is 1.90 bits per heavy atom. The maximum atomic E-state index is 12.0. The van der Waals surface area contributed by atoms with E-state index in [1.807, 2.05) is 4.90 Å². The highest BCUT2D eigenvalue weighted by molar-refractivity contribution is 5.85. The molecule has 2 rings (SSSR count). The van der Waals surface area contributed by atoms with Gasteiger partial charge in [-0.15, -0.1) is 0 Å². The summed E-state index contributed by atoms with van der Waals surface area (Å²) in [6, 6.07) is 0. The summed E-state index contributed by atoms with van der Waals surface area (Å²) in [5.74, 6) is -0.0729.